The Kier molecular flexibility index (Phi) is 2.77. The van der Waals surface area contributed by atoms with Crippen molar-refractivity contribution in [3.63, 3.8) is 0 Å². The Hall–Kier alpha value is -0.570. The number of carboxylic acids is 1. The van der Waals surface area contributed by atoms with Gasteiger partial charge in [-0.2, -0.15) is 0 Å². The lowest BCUT2D eigenvalue weighted by Gasteiger charge is -2.21. The second kappa shape index (κ2) is 3.89. The summed E-state index contributed by atoms with van der Waals surface area (Å²) in [5, 5.41) is 9.14. The molecule has 1 N–H and O–H groups in total. The van der Waals surface area contributed by atoms with E-state index < -0.39 is 5.97 Å². The first-order valence-corrected chi connectivity index (χ1v) is 5.60. The molecule has 2 fully saturated rings. The molecule has 1 heterocycles. The number of likely N-dealkylation sites (tertiary alicyclic amines) is 1. The largest absolute Gasteiger partial charge is 0.481 e. The van der Waals surface area contributed by atoms with Crippen LogP contribution in [0, 0.1) is 17.8 Å². The van der Waals surface area contributed by atoms with Gasteiger partial charge in [0.2, 0.25) is 0 Å². The van der Waals surface area contributed by atoms with Gasteiger partial charge in [0.05, 0.1) is 5.92 Å². The van der Waals surface area contributed by atoms with Crippen molar-refractivity contribution in [3.8, 4) is 0 Å². The highest BCUT2D eigenvalue weighted by Gasteiger charge is 2.41. The fraction of sp³-hybridized carbons (Fsp3) is 0.909. The summed E-state index contributed by atoms with van der Waals surface area (Å²) in [6.07, 6.45) is 5.11. The van der Waals surface area contributed by atoms with E-state index in [9.17, 15) is 4.79 Å². The van der Waals surface area contributed by atoms with Gasteiger partial charge in [-0.1, -0.05) is 25.7 Å². The molecule has 80 valence electrons. The maximum Gasteiger partial charge on any atom is 0.308 e. The molecule has 1 aliphatic carbocycles. The first-order chi connectivity index (χ1) is 6.68. The second-order valence-electron chi connectivity index (χ2n) is 4.87. The van der Waals surface area contributed by atoms with Crippen molar-refractivity contribution in [2.45, 2.75) is 25.7 Å². The minimum Gasteiger partial charge on any atom is -0.481 e. The van der Waals surface area contributed by atoms with Crippen LogP contribution in [0.25, 0.3) is 0 Å². The molecule has 0 bridgehead atoms. The average Bonchev–Trinajstić information content (AvgIpc) is 2.70. The number of aliphatic carboxylic acids is 1. The van der Waals surface area contributed by atoms with Crippen molar-refractivity contribution < 1.29 is 9.90 Å². The second-order valence-corrected chi connectivity index (χ2v) is 4.87. The molecule has 3 nitrogen and oxygen atoms in total. The van der Waals surface area contributed by atoms with Crippen molar-refractivity contribution in [2.24, 2.45) is 17.8 Å². The van der Waals surface area contributed by atoms with E-state index in [1.165, 1.54) is 25.7 Å². The molecule has 0 aromatic carbocycles. The highest BCUT2D eigenvalue weighted by Crippen LogP contribution is 2.38. The Morgan fingerprint density at radius 3 is 2.50 bits per heavy atom. The van der Waals surface area contributed by atoms with Gasteiger partial charge in [-0.3, -0.25) is 4.79 Å². The van der Waals surface area contributed by atoms with E-state index >= 15 is 0 Å². The van der Waals surface area contributed by atoms with Crippen LogP contribution in [-0.4, -0.2) is 36.1 Å². The van der Waals surface area contributed by atoms with Crippen LogP contribution in [0.3, 0.4) is 0 Å². The predicted octanol–water partition coefficient (Wildman–Crippen LogP) is 1.44. The third kappa shape index (κ3) is 1.78. The number of hydrogen-bond acceptors (Lipinski definition) is 2. The molecule has 2 aliphatic rings. The Labute approximate surface area is 85.1 Å². The van der Waals surface area contributed by atoms with Crippen LogP contribution in [0.4, 0.5) is 0 Å². The summed E-state index contributed by atoms with van der Waals surface area (Å²) in [7, 11) is 2.03. The summed E-state index contributed by atoms with van der Waals surface area (Å²) in [6, 6.07) is 0. The molecule has 0 amide bonds. The monoisotopic (exact) mass is 197 g/mol. The van der Waals surface area contributed by atoms with E-state index in [1.807, 2.05) is 7.05 Å². The number of nitrogens with zero attached hydrogens (tertiary/aromatic N) is 1. The summed E-state index contributed by atoms with van der Waals surface area (Å²) in [4.78, 5) is 13.3. The Balaban J connectivity index is 2.04. The van der Waals surface area contributed by atoms with Crippen molar-refractivity contribution in [1.29, 1.82) is 0 Å². The van der Waals surface area contributed by atoms with Gasteiger partial charge in [0.1, 0.15) is 0 Å². The topological polar surface area (TPSA) is 40.5 Å². The van der Waals surface area contributed by atoms with Gasteiger partial charge >= 0.3 is 5.97 Å². The molecule has 2 rings (SSSR count). The molecule has 0 aromatic heterocycles. The van der Waals surface area contributed by atoms with Crippen molar-refractivity contribution >= 4 is 5.97 Å². The minimum atomic E-state index is -0.591. The van der Waals surface area contributed by atoms with Gasteiger partial charge < -0.3 is 10.0 Å². The summed E-state index contributed by atoms with van der Waals surface area (Å²) in [5.74, 6) is 0.399. The molecule has 14 heavy (non-hydrogen) atoms. The summed E-state index contributed by atoms with van der Waals surface area (Å²) >= 11 is 0. The molecule has 3 heteroatoms. The highest BCUT2D eigenvalue weighted by atomic mass is 16.4. The molecule has 0 radical (unpaired) electrons. The van der Waals surface area contributed by atoms with Crippen LogP contribution in [0.15, 0.2) is 0 Å². The molecule has 0 spiro atoms. The molecular formula is C11H19NO2. The maximum atomic E-state index is 11.1. The first kappa shape index (κ1) is 9.97. The number of rotatable bonds is 2. The Morgan fingerprint density at radius 2 is 1.93 bits per heavy atom. The van der Waals surface area contributed by atoms with E-state index in [4.69, 9.17) is 5.11 Å². The molecule has 0 aromatic rings. The van der Waals surface area contributed by atoms with Crippen LogP contribution in [-0.2, 0) is 4.79 Å². The van der Waals surface area contributed by atoms with E-state index in [1.54, 1.807) is 0 Å². The Bertz CT molecular complexity index is 223. The van der Waals surface area contributed by atoms with Crippen LogP contribution >= 0.6 is 0 Å². The maximum absolute atomic E-state index is 11.1. The van der Waals surface area contributed by atoms with Gasteiger partial charge in [0, 0.05) is 13.1 Å². The van der Waals surface area contributed by atoms with Crippen LogP contribution in [0.1, 0.15) is 25.7 Å². The third-order valence-electron chi connectivity index (χ3n) is 3.87. The van der Waals surface area contributed by atoms with Gasteiger partial charge in [-0.05, 0) is 18.9 Å². The zero-order valence-electron chi connectivity index (χ0n) is 8.78. The minimum absolute atomic E-state index is 0.108. The Morgan fingerprint density at radius 1 is 1.29 bits per heavy atom. The molecule has 2 unspecified atom stereocenters. The number of hydrogen-bond donors (Lipinski definition) is 1. The van der Waals surface area contributed by atoms with Gasteiger partial charge in [0.15, 0.2) is 0 Å². The third-order valence-corrected chi connectivity index (χ3v) is 3.87. The molecule has 1 saturated heterocycles. The zero-order chi connectivity index (χ0) is 10.1. The van der Waals surface area contributed by atoms with Crippen molar-refractivity contribution in [1.82, 2.24) is 4.90 Å². The lowest BCUT2D eigenvalue weighted by Crippen LogP contribution is -2.26. The number of carbonyl (C=O) groups is 1. The molecule has 1 saturated carbocycles. The molecular weight excluding hydrogens is 178 g/mol. The van der Waals surface area contributed by atoms with Gasteiger partial charge in [-0.15, -0.1) is 0 Å². The van der Waals surface area contributed by atoms with Crippen molar-refractivity contribution in [3.05, 3.63) is 0 Å². The fourth-order valence-electron chi connectivity index (χ4n) is 3.16. The molecule has 1 aliphatic heterocycles. The van der Waals surface area contributed by atoms with Gasteiger partial charge in [0.25, 0.3) is 0 Å². The lowest BCUT2D eigenvalue weighted by atomic mass is 9.83. The fourth-order valence-corrected chi connectivity index (χ4v) is 3.16. The standard InChI is InChI=1S/C11H19NO2/c1-12-6-9(8-4-2-3-5-8)10(7-12)11(13)14/h8-10H,2-7H2,1H3,(H,13,14). The van der Waals surface area contributed by atoms with Crippen LogP contribution in [0.2, 0.25) is 0 Å². The highest BCUT2D eigenvalue weighted by molar-refractivity contribution is 5.71. The van der Waals surface area contributed by atoms with E-state index in [-0.39, 0.29) is 5.92 Å². The smallest absolute Gasteiger partial charge is 0.308 e. The average molecular weight is 197 g/mol. The quantitative estimate of drug-likeness (QED) is 0.728. The first-order valence-electron chi connectivity index (χ1n) is 5.60. The summed E-state index contributed by atoms with van der Waals surface area (Å²) in [5.41, 5.74) is 0. The van der Waals surface area contributed by atoms with E-state index in [2.05, 4.69) is 4.90 Å². The zero-order valence-corrected chi connectivity index (χ0v) is 8.78. The van der Waals surface area contributed by atoms with Gasteiger partial charge in [-0.25, -0.2) is 0 Å². The normalized spacial score (nSPS) is 35.2. The van der Waals surface area contributed by atoms with Crippen molar-refractivity contribution in [2.75, 3.05) is 20.1 Å². The summed E-state index contributed by atoms with van der Waals surface area (Å²) < 4.78 is 0. The van der Waals surface area contributed by atoms with Crippen LogP contribution in [0.5, 0.6) is 0 Å². The van der Waals surface area contributed by atoms with E-state index in [0.29, 0.717) is 11.8 Å². The predicted molar refractivity (Wildman–Crippen MR) is 54.1 cm³/mol. The lowest BCUT2D eigenvalue weighted by molar-refractivity contribution is -0.143. The van der Waals surface area contributed by atoms with Crippen LogP contribution < -0.4 is 0 Å². The van der Waals surface area contributed by atoms with E-state index in [0.717, 1.165) is 13.1 Å². The number of carboxylic acid groups (broad SMARTS) is 1. The summed E-state index contributed by atoms with van der Waals surface area (Å²) in [6.45, 7) is 1.73. The molecule has 2 atom stereocenters. The SMILES string of the molecule is CN1CC(C(=O)O)C(C2CCCC2)C1.